The first-order valence-electron chi connectivity index (χ1n) is 7.13. The molecule has 1 aromatic carbocycles. The number of nitrogens with two attached hydrogens (primary N) is 1. The highest BCUT2D eigenvalue weighted by Crippen LogP contribution is 2.17. The average molecular weight is 291 g/mol. The van der Waals surface area contributed by atoms with Gasteiger partial charge < -0.3 is 16.4 Å². The number of amides is 2. The van der Waals surface area contributed by atoms with Gasteiger partial charge in [0.25, 0.3) is 0 Å². The summed E-state index contributed by atoms with van der Waals surface area (Å²) in [5.74, 6) is -0.470. The molecule has 0 saturated heterocycles. The number of anilines is 1. The SMILES string of the molecule is CC(C(=O)NCCC(=O)NC(C)(C)C)c1cccc(N)c1. The van der Waals surface area contributed by atoms with E-state index in [1.165, 1.54) is 0 Å². The number of carbonyl (C=O) groups is 2. The Kier molecular flexibility index (Phi) is 5.76. The second kappa shape index (κ2) is 7.11. The summed E-state index contributed by atoms with van der Waals surface area (Å²) in [6.07, 6.45) is 0.270. The summed E-state index contributed by atoms with van der Waals surface area (Å²) in [6, 6.07) is 7.26. The van der Waals surface area contributed by atoms with E-state index in [1.54, 1.807) is 12.1 Å². The van der Waals surface area contributed by atoms with Crippen molar-refractivity contribution in [1.82, 2.24) is 10.6 Å². The summed E-state index contributed by atoms with van der Waals surface area (Å²) in [7, 11) is 0. The monoisotopic (exact) mass is 291 g/mol. The fourth-order valence-electron chi connectivity index (χ4n) is 1.91. The number of nitrogens with one attached hydrogen (secondary N) is 2. The van der Waals surface area contributed by atoms with E-state index >= 15 is 0 Å². The maximum absolute atomic E-state index is 12.0. The number of hydrogen-bond donors (Lipinski definition) is 3. The molecule has 1 rings (SSSR count). The van der Waals surface area contributed by atoms with Gasteiger partial charge in [-0.15, -0.1) is 0 Å². The Bertz CT molecular complexity index is 506. The van der Waals surface area contributed by atoms with E-state index in [0.717, 1.165) is 5.56 Å². The lowest BCUT2D eigenvalue weighted by atomic mass is 10.00. The summed E-state index contributed by atoms with van der Waals surface area (Å²) >= 11 is 0. The number of hydrogen-bond acceptors (Lipinski definition) is 3. The predicted molar refractivity (Wildman–Crippen MR) is 84.8 cm³/mol. The van der Waals surface area contributed by atoms with Gasteiger partial charge in [0.2, 0.25) is 11.8 Å². The molecule has 0 spiro atoms. The van der Waals surface area contributed by atoms with E-state index in [1.807, 2.05) is 39.8 Å². The van der Waals surface area contributed by atoms with Crippen LogP contribution in [-0.4, -0.2) is 23.9 Å². The van der Waals surface area contributed by atoms with Gasteiger partial charge in [-0.05, 0) is 45.4 Å². The number of benzene rings is 1. The Balaban J connectivity index is 2.42. The van der Waals surface area contributed by atoms with Crippen LogP contribution in [0.15, 0.2) is 24.3 Å². The molecule has 4 N–H and O–H groups in total. The zero-order valence-electron chi connectivity index (χ0n) is 13.2. The first-order valence-corrected chi connectivity index (χ1v) is 7.13. The molecule has 116 valence electrons. The van der Waals surface area contributed by atoms with Crippen molar-refractivity contribution < 1.29 is 9.59 Å². The highest BCUT2D eigenvalue weighted by atomic mass is 16.2. The topological polar surface area (TPSA) is 84.2 Å². The van der Waals surface area contributed by atoms with E-state index in [0.29, 0.717) is 12.2 Å². The minimum Gasteiger partial charge on any atom is -0.399 e. The largest absolute Gasteiger partial charge is 0.399 e. The Morgan fingerprint density at radius 2 is 1.95 bits per heavy atom. The van der Waals surface area contributed by atoms with Crippen LogP contribution in [0.3, 0.4) is 0 Å². The second-order valence-corrected chi connectivity index (χ2v) is 6.23. The maximum Gasteiger partial charge on any atom is 0.227 e. The molecular weight excluding hydrogens is 266 g/mol. The quantitative estimate of drug-likeness (QED) is 0.723. The summed E-state index contributed by atoms with van der Waals surface area (Å²) in [5, 5.41) is 5.63. The molecular formula is C16H25N3O2. The van der Waals surface area contributed by atoms with Crippen LogP contribution in [0, 0.1) is 0 Å². The number of carbonyl (C=O) groups excluding carboxylic acids is 2. The average Bonchev–Trinajstić information content (AvgIpc) is 2.35. The molecule has 5 heteroatoms. The van der Waals surface area contributed by atoms with Crippen molar-refractivity contribution in [1.29, 1.82) is 0 Å². The lowest BCUT2D eigenvalue weighted by Crippen LogP contribution is -2.42. The van der Waals surface area contributed by atoms with Gasteiger partial charge in [0.15, 0.2) is 0 Å². The normalized spacial score (nSPS) is 12.6. The third-order valence-electron chi connectivity index (χ3n) is 2.97. The van der Waals surface area contributed by atoms with Crippen LogP contribution in [0.1, 0.15) is 45.6 Å². The van der Waals surface area contributed by atoms with E-state index in [2.05, 4.69) is 10.6 Å². The molecule has 1 unspecified atom stereocenters. The van der Waals surface area contributed by atoms with Crippen molar-refractivity contribution in [2.45, 2.75) is 45.6 Å². The fourth-order valence-corrected chi connectivity index (χ4v) is 1.91. The van der Waals surface area contributed by atoms with Gasteiger partial charge in [-0.2, -0.15) is 0 Å². The molecule has 0 aromatic heterocycles. The molecule has 0 aliphatic rings. The predicted octanol–water partition coefficient (Wildman–Crippen LogP) is 1.79. The van der Waals surface area contributed by atoms with E-state index in [4.69, 9.17) is 5.73 Å². The number of nitrogen functional groups attached to an aromatic ring is 1. The van der Waals surface area contributed by atoms with Crippen molar-refractivity contribution in [2.75, 3.05) is 12.3 Å². The maximum atomic E-state index is 12.0. The van der Waals surface area contributed by atoms with Crippen molar-refractivity contribution in [2.24, 2.45) is 0 Å². The molecule has 2 amide bonds. The molecule has 0 radical (unpaired) electrons. The first-order chi connectivity index (χ1) is 9.69. The second-order valence-electron chi connectivity index (χ2n) is 6.23. The molecule has 21 heavy (non-hydrogen) atoms. The van der Waals surface area contributed by atoms with Gasteiger partial charge >= 0.3 is 0 Å². The van der Waals surface area contributed by atoms with Gasteiger partial charge in [-0.25, -0.2) is 0 Å². The smallest absolute Gasteiger partial charge is 0.227 e. The van der Waals surface area contributed by atoms with Crippen molar-refractivity contribution in [3.8, 4) is 0 Å². The summed E-state index contributed by atoms with van der Waals surface area (Å²) in [4.78, 5) is 23.7. The van der Waals surface area contributed by atoms with E-state index < -0.39 is 0 Å². The molecule has 0 aliphatic carbocycles. The minimum atomic E-state index is -0.292. The molecule has 0 fully saturated rings. The third-order valence-corrected chi connectivity index (χ3v) is 2.97. The van der Waals surface area contributed by atoms with Gasteiger partial charge in [-0.1, -0.05) is 12.1 Å². The molecule has 5 nitrogen and oxygen atoms in total. The zero-order chi connectivity index (χ0) is 16.0. The fraction of sp³-hybridized carbons (Fsp3) is 0.500. The minimum absolute atomic E-state index is 0.0700. The van der Waals surface area contributed by atoms with Crippen molar-refractivity contribution in [3.05, 3.63) is 29.8 Å². The van der Waals surface area contributed by atoms with Gasteiger partial charge in [0.05, 0.1) is 5.92 Å². The number of rotatable bonds is 5. The lowest BCUT2D eigenvalue weighted by Gasteiger charge is -2.20. The van der Waals surface area contributed by atoms with E-state index in [9.17, 15) is 9.59 Å². The Morgan fingerprint density at radius 3 is 2.52 bits per heavy atom. The van der Waals surface area contributed by atoms with Gasteiger partial charge in [-0.3, -0.25) is 9.59 Å². The lowest BCUT2D eigenvalue weighted by molar-refractivity contribution is -0.123. The van der Waals surface area contributed by atoms with Crippen LogP contribution in [0.2, 0.25) is 0 Å². The van der Waals surface area contributed by atoms with Crippen LogP contribution >= 0.6 is 0 Å². The van der Waals surface area contributed by atoms with Gasteiger partial charge in [0, 0.05) is 24.2 Å². The summed E-state index contributed by atoms with van der Waals surface area (Å²) in [5.41, 5.74) is 6.96. The Morgan fingerprint density at radius 1 is 1.29 bits per heavy atom. The highest BCUT2D eigenvalue weighted by Gasteiger charge is 2.16. The first kappa shape index (κ1) is 17.0. The van der Waals surface area contributed by atoms with Crippen LogP contribution in [0.25, 0.3) is 0 Å². The molecule has 0 saturated carbocycles. The molecule has 1 aromatic rings. The standard InChI is InChI=1S/C16H25N3O2/c1-11(12-6-5-7-13(17)10-12)15(21)18-9-8-14(20)19-16(2,3)4/h5-7,10-11H,8-9,17H2,1-4H3,(H,18,21)(H,19,20). The zero-order valence-corrected chi connectivity index (χ0v) is 13.2. The van der Waals surface area contributed by atoms with Crippen LogP contribution in [0.4, 0.5) is 5.69 Å². The molecule has 0 heterocycles. The van der Waals surface area contributed by atoms with Crippen LogP contribution < -0.4 is 16.4 Å². The van der Waals surface area contributed by atoms with Crippen molar-refractivity contribution >= 4 is 17.5 Å². The van der Waals surface area contributed by atoms with E-state index in [-0.39, 0.29) is 29.7 Å². The molecule has 0 aliphatic heterocycles. The highest BCUT2D eigenvalue weighted by molar-refractivity contribution is 5.84. The Hall–Kier alpha value is -2.04. The summed E-state index contributed by atoms with van der Waals surface area (Å²) < 4.78 is 0. The van der Waals surface area contributed by atoms with Crippen molar-refractivity contribution in [3.63, 3.8) is 0 Å². The molecule has 1 atom stereocenters. The van der Waals surface area contributed by atoms with Crippen LogP contribution in [-0.2, 0) is 9.59 Å². The third kappa shape index (κ3) is 6.29. The molecule has 0 bridgehead atoms. The Labute approximate surface area is 126 Å². The van der Waals surface area contributed by atoms with Crippen LogP contribution in [0.5, 0.6) is 0 Å². The van der Waals surface area contributed by atoms with Gasteiger partial charge in [0.1, 0.15) is 0 Å². The summed E-state index contributed by atoms with van der Waals surface area (Å²) in [6.45, 7) is 7.91.